The van der Waals surface area contributed by atoms with Crippen molar-refractivity contribution >= 4 is 29.2 Å². The van der Waals surface area contributed by atoms with Gasteiger partial charge >= 0.3 is 0 Å². The Labute approximate surface area is 156 Å². The molecule has 0 aliphatic carbocycles. The zero-order valence-corrected chi connectivity index (χ0v) is 15.0. The minimum Gasteiger partial charge on any atom is -0.484 e. The molecule has 2 aromatic carbocycles. The van der Waals surface area contributed by atoms with Crippen LogP contribution < -0.4 is 15.4 Å². The van der Waals surface area contributed by atoms with Crippen LogP contribution in [0.1, 0.15) is 27.6 Å². The predicted octanol–water partition coefficient (Wildman–Crippen LogP) is 2.47. The summed E-state index contributed by atoms with van der Waals surface area (Å²) >= 11 is 5.77. The maximum absolute atomic E-state index is 11.9. The first-order valence-electron chi connectivity index (χ1n) is 8.00. The van der Waals surface area contributed by atoms with E-state index in [1.165, 1.54) is 6.92 Å². The molecule has 2 rings (SSSR count). The second-order valence-electron chi connectivity index (χ2n) is 5.49. The van der Waals surface area contributed by atoms with Gasteiger partial charge in [0.05, 0.1) is 0 Å². The standard InChI is InChI=1S/C19H19ClN2O4/c1-13(23)15-3-2-4-17(11-15)26-12-18(24)21-9-10-22-19(25)14-5-7-16(20)8-6-14/h2-8,11H,9-10,12H2,1H3,(H,21,24)(H,22,25). The number of benzene rings is 2. The SMILES string of the molecule is CC(=O)c1cccc(OCC(=O)NCCNC(=O)c2ccc(Cl)cc2)c1. The number of hydrogen-bond donors (Lipinski definition) is 2. The van der Waals surface area contributed by atoms with Gasteiger partial charge in [-0.3, -0.25) is 14.4 Å². The Balaban J connectivity index is 1.67. The second-order valence-corrected chi connectivity index (χ2v) is 5.92. The number of ether oxygens (including phenoxy) is 1. The summed E-state index contributed by atoms with van der Waals surface area (Å²) in [5, 5.41) is 5.89. The van der Waals surface area contributed by atoms with Crippen LogP contribution in [0.25, 0.3) is 0 Å². The first-order valence-corrected chi connectivity index (χ1v) is 8.38. The Kier molecular flexibility index (Phi) is 7.17. The number of halogens is 1. The van der Waals surface area contributed by atoms with Crippen molar-refractivity contribution in [2.75, 3.05) is 19.7 Å². The quantitative estimate of drug-likeness (QED) is 0.549. The smallest absolute Gasteiger partial charge is 0.258 e. The summed E-state index contributed by atoms with van der Waals surface area (Å²) < 4.78 is 5.35. The molecule has 2 aromatic rings. The predicted molar refractivity (Wildman–Crippen MR) is 98.7 cm³/mol. The number of amides is 2. The van der Waals surface area contributed by atoms with E-state index in [4.69, 9.17) is 16.3 Å². The van der Waals surface area contributed by atoms with Crippen LogP contribution in [-0.2, 0) is 4.79 Å². The number of nitrogens with one attached hydrogen (secondary N) is 2. The van der Waals surface area contributed by atoms with Gasteiger partial charge in [0.25, 0.3) is 11.8 Å². The fraction of sp³-hybridized carbons (Fsp3) is 0.211. The fourth-order valence-electron chi connectivity index (χ4n) is 2.09. The molecule has 0 aromatic heterocycles. The van der Waals surface area contributed by atoms with Crippen LogP contribution in [0.15, 0.2) is 48.5 Å². The number of carbonyl (C=O) groups excluding carboxylic acids is 3. The van der Waals surface area contributed by atoms with Gasteiger partial charge in [-0.1, -0.05) is 23.7 Å². The van der Waals surface area contributed by atoms with Crippen LogP contribution in [0.5, 0.6) is 5.75 Å². The van der Waals surface area contributed by atoms with Gasteiger partial charge in [0.1, 0.15) is 5.75 Å². The highest BCUT2D eigenvalue weighted by atomic mass is 35.5. The molecule has 2 amide bonds. The highest BCUT2D eigenvalue weighted by Crippen LogP contribution is 2.13. The maximum atomic E-state index is 11.9. The Bertz CT molecular complexity index is 790. The third-order valence-corrected chi connectivity index (χ3v) is 3.70. The Morgan fingerprint density at radius 1 is 0.962 bits per heavy atom. The third kappa shape index (κ3) is 6.22. The second kappa shape index (κ2) is 9.58. The van der Waals surface area contributed by atoms with Crippen molar-refractivity contribution in [2.45, 2.75) is 6.92 Å². The minimum atomic E-state index is -0.320. The first-order chi connectivity index (χ1) is 12.5. The summed E-state index contributed by atoms with van der Waals surface area (Å²) in [6, 6.07) is 13.1. The van der Waals surface area contributed by atoms with Crippen molar-refractivity contribution in [3.8, 4) is 5.75 Å². The molecule has 0 unspecified atom stereocenters. The van der Waals surface area contributed by atoms with Gasteiger partial charge in [0.2, 0.25) is 0 Å². The molecular weight excluding hydrogens is 356 g/mol. The molecule has 0 saturated heterocycles. The highest BCUT2D eigenvalue weighted by Gasteiger charge is 2.06. The molecule has 0 fully saturated rings. The summed E-state index contributed by atoms with van der Waals surface area (Å²) in [5.41, 5.74) is 1.02. The van der Waals surface area contributed by atoms with Crippen molar-refractivity contribution in [1.29, 1.82) is 0 Å². The Morgan fingerprint density at radius 3 is 2.35 bits per heavy atom. The Morgan fingerprint density at radius 2 is 1.65 bits per heavy atom. The summed E-state index contributed by atoms with van der Waals surface area (Å²) in [6.07, 6.45) is 0. The van der Waals surface area contributed by atoms with Gasteiger partial charge < -0.3 is 15.4 Å². The van der Waals surface area contributed by atoms with Crippen LogP contribution in [0.4, 0.5) is 0 Å². The summed E-state index contributed by atoms with van der Waals surface area (Å²) in [4.78, 5) is 34.9. The lowest BCUT2D eigenvalue weighted by Crippen LogP contribution is -2.36. The average Bonchev–Trinajstić information content (AvgIpc) is 2.64. The number of hydrogen-bond acceptors (Lipinski definition) is 4. The topological polar surface area (TPSA) is 84.5 Å². The number of Topliss-reactive ketones (excluding diaryl/α,β-unsaturated/α-hetero) is 1. The number of ketones is 1. The van der Waals surface area contributed by atoms with Crippen LogP contribution in [0.3, 0.4) is 0 Å². The molecule has 0 heterocycles. The molecule has 0 atom stereocenters. The van der Waals surface area contributed by atoms with E-state index < -0.39 is 0 Å². The molecule has 0 spiro atoms. The normalized spacial score (nSPS) is 10.1. The monoisotopic (exact) mass is 374 g/mol. The van der Waals surface area contributed by atoms with Crippen LogP contribution in [0.2, 0.25) is 5.02 Å². The van der Waals surface area contributed by atoms with E-state index in [1.807, 2.05) is 0 Å². The molecule has 0 radical (unpaired) electrons. The zero-order valence-electron chi connectivity index (χ0n) is 14.3. The largest absolute Gasteiger partial charge is 0.484 e. The van der Waals surface area contributed by atoms with Crippen LogP contribution in [-0.4, -0.2) is 37.3 Å². The van der Waals surface area contributed by atoms with E-state index in [0.717, 1.165) is 0 Å². The molecule has 0 aliphatic heterocycles. The van der Waals surface area contributed by atoms with Crippen molar-refractivity contribution < 1.29 is 19.1 Å². The van der Waals surface area contributed by atoms with Gasteiger partial charge in [-0.05, 0) is 43.3 Å². The molecular formula is C19H19ClN2O4. The summed E-state index contributed by atoms with van der Waals surface area (Å²) in [5.74, 6) is -0.188. The maximum Gasteiger partial charge on any atom is 0.258 e. The van der Waals surface area contributed by atoms with Crippen molar-refractivity contribution in [3.63, 3.8) is 0 Å². The van der Waals surface area contributed by atoms with Crippen LogP contribution in [0, 0.1) is 0 Å². The number of rotatable bonds is 8. The van der Waals surface area contributed by atoms with E-state index in [-0.39, 0.29) is 37.3 Å². The summed E-state index contributed by atoms with van der Waals surface area (Å²) in [7, 11) is 0. The summed E-state index contributed by atoms with van der Waals surface area (Å²) in [6.45, 7) is 1.85. The lowest BCUT2D eigenvalue weighted by Gasteiger charge is -2.09. The van der Waals surface area contributed by atoms with E-state index in [0.29, 0.717) is 21.9 Å². The Hall–Kier alpha value is -2.86. The molecule has 0 saturated carbocycles. The van der Waals surface area contributed by atoms with Crippen LogP contribution >= 0.6 is 11.6 Å². The lowest BCUT2D eigenvalue weighted by atomic mass is 10.1. The molecule has 2 N–H and O–H groups in total. The molecule has 7 heteroatoms. The molecule has 136 valence electrons. The number of carbonyl (C=O) groups is 3. The molecule has 26 heavy (non-hydrogen) atoms. The van der Waals surface area contributed by atoms with E-state index in [2.05, 4.69) is 10.6 Å². The van der Waals surface area contributed by atoms with Crippen molar-refractivity contribution in [3.05, 3.63) is 64.7 Å². The van der Waals surface area contributed by atoms with Gasteiger partial charge in [-0.15, -0.1) is 0 Å². The minimum absolute atomic E-state index is 0.0728. The molecule has 0 bridgehead atoms. The van der Waals surface area contributed by atoms with E-state index in [9.17, 15) is 14.4 Å². The average molecular weight is 375 g/mol. The van der Waals surface area contributed by atoms with E-state index in [1.54, 1.807) is 48.5 Å². The van der Waals surface area contributed by atoms with Gasteiger partial charge in [0, 0.05) is 29.2 Å². The molecule has 6 nitrogen and oxygen atoms in total. The molecule has 0 aliphatic rings. The van der Waals surface area contributed by atoms with Gasteiger partial charge in [0.15, 0.2) is 12.4 Å². The fourth-order valence-corrected chi connectivity index (χ4v) is 2.21. The highest BCUT2D eigenvalue weighted by molar-refractivity contribution is 6.30. The van der Waals surface area contributed by atoms with E-state index >= 15 is 0 Å². The first kappa shape index (κ1) is 19.5. The zero-order chi connectivity index (χ0) is 18.9. The van der Waals surface area contributed by atoms with Crippen molar-refractivity contribution in [2.24, 2.45) is 0 Å². The third-order valence-electron chi connectivity index (χ3n) is 3.45. The van der Waals surface area contributed by atoms with Crippen molar-refractivity contribution in [1.82, 2.24) is 10.6 Å². The van der Waals surface area contributed by atoms with Gasteiger partial charge in [-0.25, -0.2) is 0 Å². The van der Waals surface area contributed by atoms with Gasteiger partial charge in [-0.2, -0.15) is 0 Å². The lowest BCUT2D eigenvalue weighted by molar-refractivity contribution is -0.123.